The van der Waals surface area contributed by atoms with E-state index in [1.165, 1.54) is 13.4 Å². The van der Waals surface area contributed by atoms with E-state index in [1.807, 2.05) is 4.57 Å². The number of fused-ring (bicyclic) bond motifs is 1. The number of oxazole rings is 1. The number of esters is 1. The molecule has 0 saturated heterocycles. The Balaban J connectivity index is 2.03. The van der Waals surface area contributed by atoms with Gasteiger partial charge >= 0.3 is 5.97 Å². The van der Waals surface area contributed by atoms with Crippen LogP contribution in [0.3, 0.4) is 0 Å². The topological polar surface area (TPSA) is 70.2 Å². The van der Waals surface area contributed by atoms with E-state index >= 15 is 0 Å². The van der Waals surface area contributed by atoms with Crippen LogP contribution >= 0.6 is 0 Å². The Morgan fingerprint density at radius 1 is 1.42 bits per heavy atom. The van der Waals surface area contributed by atoms with Gasteiger partial charge in [0, 0.05) is 0 Å². The van der Waals surface area contributed by atoms with Crippen molar-refractivity contribution < 1.29 is 13.9 Å². The van der Waals surface area contributed by atoms with Gasteiger partial charge in [-0.05, 0) is 18.2 Å². The first kappa shape index (κ1) is 11.5. The Morgan fingerprint density at radius 2 is 2.32 bits per heavy atom. The van der Waals surface area contributed by atoms with Crippen LogP contribution in [-0.4, -0.2) is 27.6 Å². The van der Waals surface area contributed by atoms with Crippen molar-refractivity contribution in [3.63, 3.8) is 0 Å². The molecule has 0 aliphatic rings. The number of ether oxygens (including phenoxy) is 1. The Kier molecular flexibility index (Phi) is 2.75. The van der Waals surface area contributed by atoms with Crippen LogP contribution in [0.1, 0.15) is 16.2 Å². The van der Waals surface area contributed by atoms with E-state index in [2.05, 4.69) is 9.97 Å². The Morgan fingerprint density at radius 3 is 3.05 bits per heavy atom. The second-order valence-corrected chi connectivity index (χ2v) is 3.99. The molecule has 0 unspecified atom stereocenters. The molecule has 0 aliphatic heterocycles. The SMILES string of the molecule is COC(=O)c1ccc2ncn(Cc3ncco3)c2c1. The first-order valence-electron chi connectivity index (χ1n) is 5.69. The summed E-state index contributed by atoms with van der Waals surface area (Å²) in [5, 5.41) is 0. The minimum absolute atomic E-state index is 0.370. The van der Waals surface area contributed by atoms with Crippen LogP contribution in [0, 0.1) is 0 Å². The van der Waals surface area contributed by atoms with Crippen molar-refractivity contribution in [1.82, 2.24) is 14.5 Å². The first-order chi connectivity index (χ1) is 9.28. The molecule has 2 heterocycles. The van der Waals surface area contributed by atoms with Gasteiger partial charge in [-0.1, -0.05) is 0 Å². The predicted molar refractivity (Wildman–Crippen MR) is 66.7 cm³/mol. The summed E-state index contributed by atoms with van der Waals surface area (Å²) in [5.41, 5.74) is 2.13. The molecule has 0 aliphatic carbocycles. The number of imidazole rings is 1. The summed E-state index contributed by atoms with van der Waals surface area (Å²) in [6, 6.07) is 5.22. The number of aromatic nitrogens is 3. The number of hydrogen-bond acceptors (Lipinski definition) is 5. The Labute approximate surface area is 108 Å². The van der Waals surface area contributed by atoms with Crippen LogP contribution in [-0.2, 0) is 11.3 Å². The highest BCUT2D eigenvalue weighted by Gasteiger charge is 2.10. The van der Waals surface area contributed by atoms with Crippen molar-refractivity contribution in [2.24, 2.45) is 0 Å². The highest BCUT2D eigenvalue weighted by molar-refractivity contribution is 5.93. The molecule has 2 aromatic heterocycles. The predicted octanol–water partition coefficient (Wildman–Crippen LogP) is 1.86. The van der Waals surface area contributed by atoms with Crippen molar-refractivity contribution in [2.45, 2.75) is 6.54 Å². The molecule has 3 rings (SSSR count). The quantitative estimate of drug-likeness (QED) is 0.670. The maximum absolute atomic E-state index is 11.5. The van der Waals surface area contributed by atoms with E-state index in [9.17, 15) is 4.79 Å². The van der Waals surface area contributed by atoms with E-state index in [1.54, 1.807) is 30.7 Å². The standard InChI is InChI=1S/C13H11N3O3/c1-18-13(17)9-2-3-10-11(6-9)16(8-15-10)7-12-14-4-5-19-12/h2-6,8H,7H2,1H3. The van der Waals surface area contributed by atoms with Crippen LogP contribution in [0.15, 0.2) is 41.4 Å². The number of benzene rings is 1. The molecule has 0 spiro atoms. The van der Waals surface area contributed by atoms with Crippen LogP contribution in [0.4, 0.5) is 0 Å². The van der Waals surface area contributed by atoms with Gasteiger partial charge in [0.15, 0.2) is 0 Å². The van der Waals surface area contributed by atoms with Crippen LogP contribution in [0.2, 0.25) is 0 Å². The summed E-state index contributed by atoms with van der Waals surface area (Å²) in [5.74, 6) is 0.216. The molecule has 0 amide bonds. The summed E-state index contributed by atoms with van der Waals surface area (Å²) in [4.78, 5) is 19.9. The van der Waals surface area contributed by atoms with Gasteiger partial charge in [0.25, 0.3) is 0 Å². The molecule has 19 heavy (non-hydrogen) atoms. The smallest absolute Gasteiger partial charge is 0.337 e. The van der Waals surface area contributed by atoms with Gasteiger partial charge in [0.1, 0.15) is 12.8 Å². The number of rotatable bonds is 3. The maximum Gasteiger partial charge on any atom is 0.337 e. The number of hydrogen-bond donors (Lipinski definition) is 0. The molecule has 0 bridgehead atoms. The fraction of sp³-hybridized carbons (Fsp3) is 0.154. The zero-order valence-corrected chi connectivity index (χ0v) is 10.2. The fourth-order valence-corrected chi connectivity index (χ4v) is 1.90. The van der Waals surface area contributed by atoms with Crippen molar-refractivity contribution in [3.05, 3.63) is 48.4 Å². The normalized spacial score (nSPS) is 10.8. The van der Waals surface area contributed by atoms with E-state index in [-0.39, 0.29) is 5.97 Å². The maximum atomic E-state index is 11.5. The van der Waals surface area contributed by atoms with Crippen LogP contribution < -0.4 is 0 Å². The highest BCUT2D eigenvalue weighted by atomic mass is 16.5. The summed E-state index contributed by atoms with van der Waals surface area (Å²) < 4.78 is 11.8. The summed E-state index contributed by atoms with van der Waals surface area (Å²) >= 11 is 0. The zero-order valence-electron chi connectivity index (χ0n) is 10.2. The summed E-state index contributed by atoms with van der Waals surface area (Å²) in [7, 11) is 1.36. The molecule has 96 valence electrons. The molecule has 0 fully saturated rings. The number of methoxy groups -OCH3 is 1. The van der Waals surface area contributed by atoms with Gasteiger partial charge in [0.2, 0.25) is 5.89 Å². The van der Waals surface area contributed by atoms with Gasteiger partial charge in [-0.3, -0.25) is 0 Å². The molecular formula is C13H11N3O3. The minimum Gasteiger partial charge on any atom is -0.465 e. The number of carbonyl (C=O) groups excluding carboxylic acids is 1. The Hall–Kier alpha value is -2.63. The first-order valence-corrected chi connectivity index (χ1v) is 5.69. The van der Waals surface area contributed by atoms with Crippen molar-refractivity contribution in [3.8, 4) is 0 Å². The average molecular weight is 257 g/mol. The van der Waals surface area contributed by atoms with Gasteiger partial charge in [-0.15, -0.1) is 0 Å². The third kappa shape index (κ3) is 2.08. The van der Waals surface area contributed by atoms with Gasteiger partial charge in [0.05, 0.1) is 36.2 Å². The average Bonchev–Trinajstić information content (AvgIpc) is 3.08. The molecule has 0 saturated carbocycles. The largest absolute Gasteiger partial charge is 0.465 e. The summed E-state index contributed by atoms with van der Waals surface area (Å²) in [6.07, 6.45) is 4.80. The Bertz CT molecular complexity index is 716. The van der Waals surface area contributed by atoms with Crippen LogP contribution in [0.25, 0.3) is 11.0 Å². The van der Waals surface area contributed by atoms with Gasteiger partial charge < -0.3 is 13.7 Å². The summed E-state index contributed by atoms with van der Waals surface area (Å²) in [6.45, 7) is 0.466. The lowest BCUT2D eigenvalue weighted by atomic mass is 10.2. The zero-order chi connectivity index (χ0) is 13.2. The highest BCUT2D eigenvalue weighted by Crippen LogP contribution is 2.16. The minimum atomic E-state index is -0.370. The third-order valence-corrected chi connectivity index (χ3v) is 2.83. The lowest BCUT2D eigenvalue weighted by Crippen LogP contribution is -2.02. The monoisotopic (exact) mass is 257 g/mol. The van der Waals surface area contributed by atoms with Gasteiger partial charge in [-0.2, -0.15) is 0 Å². The van der Waals surface area contributed by atoms with Gasteiger partial charge in [-0.25, -0.2) is 14.8 Å². The van der Waals surface area contributed by atoms with Crippen LogP contribution in [0.5, 0.6) is 0 Å². The second-order valence-electron chi connectivity index (χ2n) is 3.99. The van der Waals surface area contributed by atoms with E-state index < -0.39 is 0 Å². The molecule has 1 aromatic carbocycles. The third-order valence-electron chi connectivity index (χ3n) is 2.83. The lowest BCUT2D eigenvalue weighted by Gasteiger charge is -2.02. The van der Waals surface area contributed by atoms with Crippen molar-refractivity contribution >= 4 is 17.0 Å². The fourth-order valence-electron chi connectivity index (χ4n) is 1.90. The molecule has 6 heteroatoms. The molecule has 0 atom stereocenters. The van der Waals surface area contributed by atoms with E-state index in [4.69, 9.17) is 9.15 Å². The molecular weight excluding hydrogens is 246 g/mol. The lowest BCUT2D eigenvalue weighted by molar-refractivity contribution is 0.0601. The number of carbonyl (C=O) groups is 1. The second kappa shape index (κ2) is 4.56. The van der Waals surface area contributed by atoms with E-state index in [0.717, 1.165) is 11.0 Å². The molecule has 0 radical (unpaired) electrons. The van der Waals surface area contributed by atoms with Crippen molar-refractivity contribution in [2.75, 3.05) is 7.11 Å². The molecule has 0 N–H and O–H groups in total. The molecule has 6 nitrogen and oxygen atoms in total. The van der Waals surface area contributed by atoms with E-state index in [0.29, 0.717) is 18.0 Å². The van der Waals surface area contributed by atoms with Crippen molar-refractivity contribution in [1.29, 1.82) is 0 Å². The molecule has 3 aromatic rings. The number of nitrogens with zero attached hydrogens (tertiary/aromatic N) is 3.